The molecule has 1 aromatic carbocycles. The van der Waals surface area contributed by atoms with Crippen LogP contribution in [0.5, 0.6) is 0 Å². The largest absolute Gasteiger partial charge is 0.472 e. The maximum atomic E-state index is 12.5. The third kappa shape index (κ3) is 5.86. The van der Waals surface area contributed by atoms with Crippen molar-refractivity contribution in [2.24, 2.45) is 0 Å². The zero-order valence-corrected chi connectivity index (χ0v) is 18.6. The Morgan fingerprint density at radius 2 is 1.90 bits per heavy atom. The molecule has 0 saturated carbocycles. The molecule has 1 aliphatic rings. The number of sulfone groups is 1. The van der Waals surface area contributed by atoms with Crippen LogP contribution in [0.4, 0.5) is 4.79 Å². The van der Waals surface area contributed by atoms with Gasteiger partial charge in [-0.05, 0) is 56.5 Å². The number of ether oxygens (including phenoxy) is 2. The molecule has 1 aromatic heterocycles. The number of hydrogen-bond acceptors (Lipinski definition) is 6. The first-order valence-corrected chi connectivity index (χ1v) is 11.8. The molecular formula is C22H29NO6S. The van der Waals surface area contributed by atoms with Crippen LogP contribution in [0.1, 0.15) is 44.2 Å². The first-order valence-electron chi connectivity index (χ1n) is 9.93. The molecule has 2 aromatic rings. The van der Waals surface area contributed by atoms with Crippen LogP contribution in [0.2, 0.25) is 0 Å². The third-order valence-electron chi connectivity index (χ3n) is 5.00. The van der Waals surface area contributed by atoms with Gasteiger partial charge < -0.3 is 18.8 Å². The molecule has 2 heterocycles. The number of benzene rings is 1. The lowest BCUT2D eigenvalue weighted by atomic mass is 9.88. The second-order valence-electron chi connectivity index (χ2n) is 8.64. The zero-order chi connectivity index (χ0) is 21.9. The zero-order valence-electron chi connectivity index (χ0n) is 17.8. The van der Waals surface area contributed by atoms with Gasteiger partial charge in [0.05, 0.1) is 36.7 Å². The highest BCUT2D eigenvalue weighted by atomic mass is 32.2. The van der Waals surface area contributed by atoms with E-state index in [0.29, 0.717) is 19.7 Å². The second-order valence-corrected chi connectivity index (χ2v) is 10.7. The van der Waals surface area contributed by atoms with E-state index in [-0.39, 0.29) is 23.0 Å². The standard InChI is InChI=1S/C22H29NO6S/c1-22(2,3)29-21(24)23-11-9-19(17-10-12-27-15-17)20(13-23)28-14-16-5-7-18(8-6-16)30(4,25)26/h5-8,10,12,15,19-20H,9,11,13-14H2,1-4H3. The molecule has 1 fully saturated rings. The van der Waals surface area contributed by atoms with Crippen LogP contribution in [0.25, 0.3) is 0 Å². The molecule has 2 unspecified atom stereocenters. The van der Waals surface area contributed by atoms with Crippen LogP contribution >= 0.6 is 0 Å². The minimum absolute atomic E-state index is 0.0951. The first kappa shape index (κ1) is 22.4. The van der Waals surface area contributed by atoms with E-state index >= 15 is 0 Å². The van der Waals surface area contributed by atoms with Gasteiger partial charge in [0, 0.05) is 18.7 Å². The van der Waals surface area contributed by atoms with Gasteiger partial charge in [-0.25, -0.2) is 13.2 Å². The number of carbonyl (C=O) groups excluding carboxylic acids is 1. The molecule has 1 saturated heterocycles. The predicted molar refractivity (Wildman–Crippen MR) is 112 cm³/mol. The summed E-state index contributed by atoms with van der Waals surface area (Å²) in [5, 5.41) is 0. The van der Waals surface area contributed by atoms with Gasteiger partial charge in [-0.2, -0.15) is 0 Å². The minimum Gasteiger partial charge on any atom is -0.472 e. The van der Waals surface area contributed by atoms with Crippen LogP contribution in [0.15, 0.2) is 52.2 Å². The predicted octanol–water partition coefficient (Wildman–Crippen LogP) is 3.99. The summed E-state index contributed by atoms with van der Waals surface area (Å²) in [5.41, 5.74) is 1.34. The van der Waals surface area contributed by atoms with Gasteiger partial charge in [0.2, 0.25) is 0 Å². The number of carbonyl (C=O) groups is 1. The average molecular weight is 436 g/mol. The molecule has 3 rings (SSSR count). The number of likely N-dealkylation sites (tertiary alicyclic amines) is 1. The van der Waals surface area contributed by atoms with E-state index in [1.165, 1.54) is 6.26 Å². The van der Waals surface area contributed by atoms with Crippen molar-refractivity contribution < 1.29 is 27.1 Å². The topological polar surface area (TPSA) is 86.0 Å². The van der Waals surface area contributed by atoms with Crippen molar-refractivity contribution in [2.75, 3.05) is 19.3 Å². The van der Waals surface area contributed by atoms with E-state index in [0.717, 1.165) is 17.5 Å². The Bertz CT molecular complexity index is 945. The minimum atomic E-state index is -3.23. The van der Waals surface area contributed by atoms with E-state index in [2.05, 4.69) is 0 Å². The highest BCUT2D eigenvalue weighted by Gasteiger charge is 2.35. The fourth-order valence-electron chi connectivity index (χ4n) is 3.48. The molecule has 0 radical (unpaired) electrons. The summed E-state index contributed by atoms with van der Waals surface area (Å²) in [4.78, 5) is 14.5. The molecule has 1 amide bonds. The summed E-state index contributed by atoms with van der Waals surface area (Å²) >= 11 is 0. The Hall–Kier alpha value is -2.32. The molecule has 7 nitrogen and oxygen atoms in total. The summed E-state index contributed by atoms with van der Waals surface area (Å²) in [7, 11) is -3.23. The highest BCUT2D eigenvalue weighted by molar-refractivity contribution is 7.90. The number of rotatable bonds is 5. The lowest BCUT2D eigenvalue weighted by Crippen LogP contribution is -2.48. The number of furan rings is 1. The van der Waals surface area contributed by atoms with Crippen molar-refractivity contribution in [2.45, 2.75) is 56.3 Å². The molecule has 0 bridgehead atoms. The Morgan fingerprint density at radius 1 is 1.20 bits per heavy atom. The van der Waals surface area contributed by atoms with Gasteiger partial charge in [-0.3, -0.25) is 0 Å². The van der Waals surface area contributed by atoms with E-state index < -0.39 is 15.4 Å². The Morgan fingerprint density at radius 3 is 2.47 bits per heavy atom. The van der Waals surface area contributed by atoms with Gasteiger partial charge in [0.25, 0.3) is 0 Å². The van der Waals surface area contributed by atoms with Crippen LogP contribution in [0, 0.1) is 0 Å². The normalized spacial score (nSPS) is 20.2. The van der Waals surface area contributed by atoms with Gasteiger partial charge >= 0.3 is 6.09 Å². The third-order valence-corrected chi connectivity index (χ3v) is 6.13. The van der Waals surface area contributed by atoms with Gasteiger partial charge in [-0.1, -0.05) is 12.1 Å². The van der Waals surface area contributed by atoms with E-state index in [4.69, 9.17) is 13.9 Å². The molecular weight excluding hydrogens is 406 g/mol. The summed E-state index contributed by atoms with van der Waals surface area (Å²) in [5.74, 6) is 0.0951. The van der Waals surface area contributed by atoms with Crippen molar-refractivity contribution in [3.8, 4) is 0 Å². The van der Waals surface area contributed by atoms with Gasteiger partial charge in [0.15, 0.2) is 9.84 Å². The fraction of sp³-hybridized carbons (Fsp3) is 0.500. The fourth-order valence-corrected chi connectivity index (χ4v) is 4.11. The molecule has 1 aliphatic heterocycles. The number of hydrogen-bond donors (Lipinski definition) is 0. The average Bonchev–Trinajstić information content (AvgIpc) is 3.19. The van der Waals surface area contributed by atoms with E-state index in [1.807, 2.05) is 26.8 Å². The van der Waals surface area contributed by atoms with Crippen LogP contribution in [-0.2, 0) is 25.9 Å². The lowest BCUT2D eigenvalue weighted by Gasteiger charge is -2.38. The summed E-state index contributed by atoms with van der Waals surface area (Å²) in [6.45, 7) is 6.83. The number of amides is 1. The Labute approximate surface area is 177 Å². The molecule has 0 N–H and O–H groups in total. The molecule has 30 heavy (non-hydrogen) atoms. The van der Waals surface area contributed by atoms with Crippen molar-refractivity contribution in [3.05, 3.63) is 54.0 Å². The maximum Gasteiger partial charge on any atom is 0.410 e. The lowest BCUT2D eigenvalue weighted by molar-refractivity contribution is -0.0360. The summed E-state index contributed by atoms with van der Waals surface area (Å²) < 4.78 is 40.2. The quantitative estimate of drug-likeness (QED) is 0.706. The molecule has 0 spiro atoms. The number of nitrogens with zero attached hydrogens (tertiary/aromatic N) is 1. The molecule has 0 aliphatic carbocycles. The van der Waals surface area contributed by atoms with Crippen molar-refractivity contribution in [1.82, 2.24) is 4.90 Å². The number of piperidine rings is 1. The maximum absolute atomic E-state index is 12.5. The second kappa shape index (κ2) is 8.81. The van der Waals surface area contributed by atoms with Crippen molar-refractivity contribution >= 4 is 15.9 Å². The smallest absolute Gasteiger partial charge is 0.410 e. The molecule has 8 heteroatoms. The van der Waals surface area contributed by atoms with Crippen LogP contribution < -0.4 is 0 Å². The van der Waals surface area contributed by atoms with Crippen molar-refractivity contribution in [1.29, 1.82) is 0 Å². The Balaban J connectivity index is 1.71. The monoisotopic (exact) mass is 435 g/mol. The van der Waals surface area contributed by atoms with Crippen LogP contribution in [-0.4, -0.2) is 50.5 Å². The van der Waals surface area contributed by atoms with Crippen LogP contribution in [0.3, 0.4) is 0 Å². The van der Waals surface area contributed by atoms with Gasteiger partial charge in [0.1, 0.15) is 5.60 Å². The SMILES string of the molecule is CC(C)(C)OC(=O)N1CCC(c2ccoc2)C(OCc2ccc(S(C)(=O)=O)cc2)C1. The van der Waals surface area contributed by atoms with E-state index in [1.54, 1.807) is 41.7 Å². The van der Waals surface area contributed by atoms with E-state index in [9.17, 15) is 13.2 Å². The highest BCUT2D eigenvalue weighted by Crippen LogP contribution is 2.32. The molecule has 164 valence electrons. The summed E-state index contributed by atoms with van der Waals surface area (Å²) in [6.07, 6.45) is 4.68. The molecule has 2 atom stereocenters. The van der Waals surface area contributed by atoms with Crippen molar-refractivity contribution in [3.63, 3.8) is 0 Å². The summed E-state index contributed by atoms with van der Waals surface area (Å²) in [6, 6.07) is 8.57. The Kier molecular flexibility index (Phi) is 6.57. The van der Waals surface area contributed by atoms with Gasteiger partial charge in [-0.15, -0.1) is 0 Å². The first-order chi connectivity index (χ1) is 14.0.